The number of carbonyl (C=O) groups is 1. The molecular weight excluding hydrogens is 234 g/mol. The average molecular weight is 261 g/mol. The summed E-state index contributed by atoms with van der Waals surface area (Å²) < 4.78 is 5.33. The van der Waals surface area contributed by atoms with E-state index in [1.165, 1.54) is 0 Å². The summed E-state index contributed by atoms with van der Waals surface area (Å²) in [6.45, 7) is 9.03. The molecule has 2 N–H and O–H groups in total. The van der Waals surface area contributed by atoms with Gasteiger partial charge in [-0.3, -0.25) is 9.69 Å². The predicted octanol–water partition coefficient (Wildman–Crippen LogP) is 1.35. The molecular formula is C13H27NO4. The summed E-state index contributed by atoms with van der Waals surface area (Å²) >= 11 is 0. The SMILES string of the molecule is CCCCOCC(O)CN(CC)C(C)(C)C(=O)O. The zero-order valence-electron chi connectivity index (χ0n) is 12.0. The molecule has 0 fully saturated rings. The summed E-state index contributed by atoms with van der Waals surface area (Å²) in [5.41, 5.74) is -0.973. The topological polar surface area (TPSA) is 70.0 Å². The Morgan fingerprint density at radius 2 is 2.00 bits per heavy atom. The third-order valence-electron chi connectivity index (χ3n) is 3.08. The van der Waals surface area contributed by atoms with Gasteiger partial charge in [-0.05, 0) is 26.8 Å². The molecule has 0 aromatic heterocycles. The number of aliphatic carboxylic acids is 1. The van der Waals surface area contributed by atoms with Gasteiger partial charge in [0.25, 0.3) is 0 Å². The fourth-order valence-corrected chi connectivity index (χ4v) is 1.66. The van der Waals surface area contributed by atoms with Gasteiger partial charge in [0.1, 0.15) is 5.54 Å². The molecule has 0 heterocycles. The van der Waals surface area contributed by atoms with Gasteiger partial charge in [0, 0.05) is 13.2 Å². The van der Waals surface area contributed by atoms with Crippen LogP contribution >= 0.6 is 0 Å². The molecule has 0 aliphatic heterocycles. The van der Waals surface area contributed by atoms with Crippen molar-refractivity contribution in [2.75, 3.05) is 26.3 Å². The molecule has 0 amide bonds. The van der Waals surface area contributed by atoms with Crippen molar-refractivity contribution in [2.24, 2.45) is 0 Å². The van der Waals surface area contributed by atoms with Gasteiger partial charge in [0.15, 0.2) is 0 Å². The Morgan fingerprint density at radius 1 is 1.39 bits per heavy atom. The zero-order chi connectivity index (χ0) is 14.2. The first kappa shape index (κ1) is 17.4. The number of unbranched alkanes of at least 4 members (excludes halogenated alkanes) is 1. The van der Waals surface area contributed by atoms with Crippen LogP contribution in [0.5, 0.6) is 0 Å². The minimum absolute atomic E-state index is 0.256. The Kier molecular flexibility index (Phi) is 8.15. The van der Waals surface area contributed by atoms with E-state index in [0.717, 1.165) is 12.8 Å². The molecule has 0 bridgehead atoms. The van der Waals surface area contributed by atoms with Gasteiger partial charge in [-0.1, -0.05) is 20.3 Å². The maximum absolute atomic E-state index is 11.1. The molecule has 0 rings (SSSR count). The van der Waals surface area contributed by atoms with E-state index in [4.69, 9.17) is 9.84 Å². The molecule has 1 unspecified atom stereocenters. The standard InChI is InChI=1S/C13H27NO4/c1-5-7-8-18-10-11(15)9-14(6-2)13(3,4)12(16)17/h11,15H,5-10H2,1-4H3,(H,16,17). The summed E-state index contributed by atoms with van der Waals surface area (Å²) in [5, 5.41) is 19.0. The van der Waals surface area contributed by atoms with E-state index in [1.807, 2.05) is 6.92 Å². The highest BCUT2D eigenvalue weighted by atomic mass is 16.5. The second-order valence-electron chi connectivity index (χ2n) is 4.99. The van der Waals surface area contributed by atoms with Crippen LogP contribution in [0.4, 0.5) is 0 Å². The minimum atomic E-state index is -0.973. The van der Waals surface area contributed by atoms with Crippen LogP contribution in [0.2, 0.25) is 0 Å². The van der Waals surface area contributed by atoms with Crippen molar-refractivity contribution < 1.29 is 19.7 Å². The fraction of sp³-hybridized carbons (Fsp3) is 0.923. The van der Waals surface area contributed by atoms with Crippen molar-refractivity contribution in [2.45, 2.75) is 52.2 Å². The molecule has 1 atom stereocenters. The van der Waals surface area contributed by atoms with Gasteiger partial charge < -0.3 is 14.9 Å². The predicted molar refractivity (Wildman–Crippen MR) is 70.7 cm³/mol. The first-order chi connectivity index (χ1) is 8.36. The summed E-state index contributed by atoms with van der Waals surface area (Å²) in [7, 11) is 0. The minimum Gasteiger partial charge on any atom is -0.480 e. The van der Waals surface area contributed by atoms with Gasteiger partial charge in [0.05, 0.1) is 12.7 Å². The number of aliphatic hydroxyl groups excluding tert-OH is 1. The number of carboxylic acid groups (broad SMARTS) is 1. The number of aliphatic hydroxyl groups is 1. The van der Waals surface area contributed by atoms with Crippen molar-refractivity contribution in [1.82, 2.24) is 4.90 Å². The van der Waals surface area contributed by atoms with Crippen LogP contribution < -0.4 is 0 Å². The summed E-state index contributed by atoms with van der Waals surface area (Å²) in [6, 6.07) is 0. The molecule has 0 aliphatic rings. The first-order valence-electron chi connectivity index (χ1n) is 6.60. The van der Waals surface area contributed by atoms with Crippen LogP contribution in [0.3, 0.4) is 0 Å². The smallest absolute Gasteiger partial charge is 0.323 e. The van der Waals surface area contributed by atoms with E-state index >= 15 is 0 Å². The molecule has 5 heteroatoms. The second kappa shape index (κ2) is 8.45. The van der Waals surface area contributed by atoms with Crippen molar-refractivity contribution in [3.63, 3.8) is 0 Å². The highest BCUT2D eigenvalue weighted by Crippen LogP contribution is 2.14. The second-order valence-corrected chi connectivity index (χ2v) is 4.99. The zero-order valence-corrected chi connectivity index (χ0v) is 12.0. The average Bonchev–Trinajstić information content (AvgIpc) is 2.31. The van der Waals surface area contributed by atoms with Gasteiger partial charge in [0.2, 0.25) is 0 Å². The van der Waals surface area contributed by atoms with E-state index in [-0.39, 0.29) is 6.61 Å². The highest BCUT2D eigenvalue weighted by Gasteiger charge is 2.34. The number of nitrogens with zero attached hydrogens (tertiary/aromatic N) is 1. The summed E-state index contributed by atoms with van der Waals surface area (Å²) in [4.78, 5) is 12.9. The number of carboxylic acids is 1. The highest BCUT2D eigenvalue weighted by molar-refractivity contribution is 5.77. The van der Waals surface area contributed by atoms with Crippen molar-refractivity contribution in [3.05, 3.63) is 0 Å². The van der Waals surface area contributed by atoms with Crippen LogP contribution in [0.15, 0.2) is 0 Å². The van der Waals surface area contributed by atoms with Crippen LogP contribution in [0, 0.1) is 0 Å². The van der Waals surface area contributed by atoms with Gasteiger partial charge >= 0.3 is 5.97 Å². The van der Waals surface area contributed by atoms with Crippen LogP contribution in [0.1, 0.15) is 40.5 Å². The number of rotatable bonds is 10. The van der Waals surface area contributed by atoms with E-state index in [1.54, 1.807) is 18.7 Å². The van der Waals surface area contributed by atoms with Gasteiger partial charge in [-0.2, -0.15) is 0 Å². The van der Waals surface area contributed by atoms with E-state index in [9.17, 15) is 9.90 Å². The third kappa shape index (κ3) is 5.80. The lowest BCUT2D eigenvalue weighted by Gasteiger charge is -2.35. The van der Waals surface area contributed by atoms with Crippen molar-refractivity contribution in [1.29, 1.82) is 0 Å². The van der Waals surface area contributed by atoms with Gasteiger partial charge in [-0.25, -0.2) is 0 Å². The van der Waals surface area contributed by atoms with E-state index in [2.05, 4.69) is 6.92 Å². The molecule has 0 spiro atoms. The molecule has 108 valence electrons. The molecule has 0 aromatic rings. The van der Waals surface area contributed by atoms with Crippen LogP contribution in [-0.4, -0.2) is 59.0 Å². The Bertz CT molecular complexity index is 243. The lowest BCUT2D eigenvalue weighted by atomic mass is 10.0. The van der Waals surface area contributed by atoms with Crippen LogP contribution in [-0.2, 0) is 9.53 Å². The summed E-state index contributed by atoms with van der Waals surface area (Å²) in [6.07, 6.45) is 1.38. The number of hydrogen-bond donors (Lipinski definition) is 2. The lowest BCUT2D eigenvalue weighted by Crippen LogP contribution is -2.53. The molecule has 0 saturated carbocycles. The Hall–Kier alpha value is -0.650. The normalized spacial score (nSPS) is 13.9. The maximum atomic E-state index is 11.1. The van der Waals surface area contributed by atoms with Crippen LogP contribution in [0.25, 0.3) is 0 Å². The van der Waals surface area contributed by atoms with Crippen molar-refractivity contribution in [3.8, 4) is 0 Å². The van der Waals surface area contributed by atoms with E-state index < -0.39 is 17.6 Å². The van der Waals surface area contributed by atoms with Gasteiger partial charge in [-0.15, -0.1) is 0 Å². The molecule has 18 heavy (non-hydrogen) atoms. The first-order valence-corrected chi connectivity index (χ1v) is 6.60. The number of likely N-dealkylation sites (N-methyl/N-ethyl adjacent to an activating group) is 1. The molecule has 0 aromatic carbocycles. The Morgan fingerprint density at radius 3 is 2.44 bits per heavy atom. The Labute approximate surface area is 110 Å². The Balaban J connectivity index is 4.16. The molecule has 0 saturated heterocycles. The number of β-amino-alcohol motifs (C(OH)–C–C–N with tert-alkyl or cyclic N) is 1. The number of ether oxygens (including phenoxy) is 1. The molecule has 0 aliphatic carbocycles. The largest absolute Gasteiger partial charge is 0.480 e. The monoisotopic (exact) mass is 261 g/mol. The lowest BCUT2D eigenvalue weighted by molar-refractivity contribution is -0.150. The van der Waals surface area contributed by atoms with E-state index in [0.29, 0.717) is 19.7 Å². The third-order valence-corrected chi connectivity index (χ3v) is 3.08. The maximum Gasteiger partial charge on any atom is 0.323 e. The number of hydrogen-bond acceptors (Lipinski definition) is 4. The molecule has 5 nitrogen and oxygen atoms in total. The fourth-order valence-electron chi connectivity index (χ4n) is 1.66. The van der Waals surface area contributed by atoms with Crippen molar-refractivity contribution >= 4 is 5.97 Å². The quantitative estimate of drug-likeness (QED) is 0.581. The summed E-state index contributed by atoms with van der Waals surface area (Å²) in [5.74, 6) is -0.886. The molecule has 0 radical (unpaired) electrons.